The number of rotatable bonds is 5. The second kappa shape index (κ2) is 5.36. The molecule has 0 aliphatic carbocycles. The summed E-state index contributed by atoms with van der Waals surface area (Å²) in [5, 5.41) is 8.07. The quantitative estimate of drug-likeness (QED) is 0.788. The molecule has 0 amide bonds. The zero-order valence-corrected chi connectivity index (χ0v) is 10.9. The van der Waals surface area contributed by atoms with Gasteiger partial charge in [-0.1, -0.05) is 31.3 Å². The molecule has 16 heavy (non-hydrogen) atoms. The van der Waals surface area contributed by atoms with Crippen LogP contribution >= 0.6 is 12.2 Å². The number of hydrogen-bond donors (Lipinski definition) is 1. The van der Waals surface area contributed by atoms with Gasteiger partial charge >= 0.3 is 0 Å². The standard InChI is InChI=1S/C10H18N4OS/c1-6(2)5-14-9(7(3)15-4)8(10(11)16)12-13-14/h6-7H,5H2,1-4H3,(H2,11,16). The van der Waals surface area contributed by atoms with Gasteiger partial charge in [-0.05, 0) is 12.8 Å². The summed E-state index contributed by atoms with van der Waals surface area (Å²) in [6.45, 7) is 6.93. The van der Waals surface area contributed by atoms with Gasteiger partial charge in [-0.25, -0.2) is 4.68 Å². The molecule has 0 aliphatic heterocycles. The summed E-state index contributed by atoms with van der Waals surface area (Å²) in [6, 6.07) is 0. The maximum Gasteiger partial charge on any atom is 0.145 e. The predicted octanol–water partition coefficient (Wildman–Crippen LogP) is 1.28. The molecule has 1 aromatic heterocycles. The van der Waals surface area contributed by atoms with Crippen molar-refractivity contribution < 1.29 is 4.74 Å². The Morgan fingerprint density at radius 2 is 2.12 bits per heavy atom. The number of nitrogens with zero attached hydrogens (tertiary/aromatic N) is 3. The molecule has 1 unspecified atom stereocenters. The summed E-state index contributed by atoms with van der Waals surface area (Å²) in [4.78, 5) is 0.258. The molecule has 90 valence electrons. The maximum absolute atomic E-state index is 5.61. The van der Waals surface area contributed by atoms with E-state index in [0.29, 0.717) is 11.6 Å². The van der Waals surface area contributed by atoms with Crippen LogP contribution in [0.1, 0.15) is 38.3 Å². The molecule has 1 aromatic rings. The molecule has 1 atom stereocenters. The van der Waals surface area contributed by atoms with Gasteiger partial charge in [-0.15, -0.1) is 5.10 Å². The summed E-state index contributed by atoms with van der Waals surface area (Å²) >= 11 is 4.95. The first-order valence-electron chi connectivity index (χ1n) is 5.23. The molecular weight excluding hydrogens is 224 g/mol. The highest BCUT2D eigenvalue weighted by molar-refractivity contribution is 7.80. The van der Waals surface area contributed by atoms with Crippen LogP contribution in [0.5, 0.6) is 0 Å². The average Bonchev–Trinajstić information content (AvgIpc) is 2.59. The van der Waals surface area contributed by atoms with Crippen molar-refractivity contribution in [1.82, 2.24) is 15.0 Å². The molecule has 0 aliphatic rings. The molecule has 0 saturated carbocycles. The van der Waals surface area contributed by atoms with Crippen LogP contribution in [-0.4, -0.2) is 27.1 Å². The van der Waals surface area contributed by atoms with Crippen LogP contribution in [0.15, 0.2) is 0 Å². The summed E-state index contributed by atoms with van der Waals surface area (Å²) in [5.41, 5.74) is 7.02. The second-order valence-corrected chi connectivity index (χ2v) is 4.58. The van der Waals surface area contributed by atoms with Gasteiger partial charge in [0.15, 0.2) is 0 Å². The van der Waals surface area contributed by atoms with Gasteiger partial charge in [-0.2, -0.15) is 0 Å². The molecule has 1 rings (SSSR count). The van der Waals surface area contributed by atoms with Crippen molar-refractivity contribution in [3.8, 4) is 0 Å². The van der Waals surface area contributed by atoms with Gasteiger partial charge in [0.25, 0.3) is 0 Å². The Labute approximate surface area is 101 Å². The number of hydrogen-bond acceptors (Lipinski definition) is 4. The molecule has 0 aromatic carbocycles. The largest absolute Gasteiger partial charge is 0.388 e. The molecule has 0 bridgehead atoms. The zero-order chi connectivity index (χ0) is 12.3. The van der Waals surface area contributed by atoms with Crippen molar-refractivity contribution in [3.05, 3.63) is 11.4 Å². The Hall–Kier alpha value is -1.01. The van der Waals surface area contributed by atoms with E-state index in [1.54, 1.807) is 7.11 Å². The second-order valence-electron chi connectivity index (χ2n) is 4.14. The van der Waals surface area contributed by atoms with Gasteiger partial charge in [0, 0.05) is 13.7 Å². The first-order chi connectivity index (χ1) is 7.47. The Morgan fingerprint density at radius 3 is 2.56 bits per heavy atom. The van der Waals surface area contributed by atoms with Gasteiger partial charge in [0.05, 0.1) is 11.8 Å². The van der Waals surface area contributed by atoms with E-state index < -0.39 is 0 Å². The third kappa shape index (κ3) is 2.76. The van der Waals surface area contributed by atoms with Crippen molar-refractivity contribution in [2.75, 3.05) is 7.11 Å². The fraction of sp³-hybridized carbons (Fsp3) is 0.700. The first-order valence-corrected chi connectivity index (χ1v) is 5.64. The van der Waals surface area contributed by atoms with Gasteiger partial charge < -0.3 is 10.5 Å². The number of ether oxygens (including phenoxy) is 1. The molecular formula is C10H18N4OS. The average molecular weight is 242 g/mol. The molecule has 0 saturated heterocycles. The van der Waals surface area contributed by atoms with Crippen LogP contribution < -0.4 is 5.73 Å². The summed E-state index contributed by atoms with van der Waals surface area (Å²) in [5.74, 6) is 0.476. The monoisotopic (exact) mass is 242 g/mol. The van der Waals surface area contributed by atoms with Crippen LogP contribution in [0.3, 0.4) is 0 Å². The van der Waals surface area contributed by atoms with Crippen molar-refractivity contribution in [3.63, 3.8) is 0 Å². The van der Waals surface area contributed by atoms with Crippen molar-refractivity contribution >= 4 is 17.2 Å². The van der Waals surface area contributed by atoms with Crippen LogP contribution in [0.4, 0.5) is 0 Å². The fourth-order valence-corrected chi connectivity index (χ4v) is 1.64. The number of aromatic nitrogens is 3. The van der Waals surface area contributed by atoms with Gasteiger partial charge in [0.2, 0.25) is 0 Å². The summed E-state index contributed by atoms with van der Waals surface area (Å²) in [6.07, 6.45) is -0.120. The smallest absolute Gasteiger partial charge is 0.145 e. The highest BCUT2D eigenvalue weighted by Gasteiger charge is 2.20. The van der Waals surface area contributed by atoms with Crippen molar-refractivity contribution in [1.29, 1.82) is 0 Å². The Morgan fingerprint density at radius 1 is 1.50 bits per heavy atom. The minimum absolute atomic E-state index is 0.120. The Kier molecular flexibility index (Phi) is 4.37. The lowest BCUT2D eigenvalue weighted by Crippen LogP contribution is -2.18. The summed E-state index contributed by atoms with van der Waals surface area (Å²) < 4.78 is 7.10. The van der Waals surface area contributed by atoms with E-state index in [4.69, 9.17) is 22.7 Å². The summed E-state index contributed by atoms with van der Waals surface area (Å²) in [7, 11) is 1.64. The predicted molar refractivity (Wildman–Crippen MR) is 66.2 cm³/mol. The molecule has 0 spiro atoms. The molecule has 0 radical (unpaired) electrons. The maximum atomic E-state index is 5.61. The van der Waals surface area contributed by atoms with E-state index >= 15 is 0 Å². The Bertz CT molecular complexity index is 375. The Balaban J connectivity index is 3.14. The third-order valence-electron chi connectivity index (χ3n) is 2.28. The molecule has 0 fully saturated rings. The van der Waals surface area contributed by atoms with E-state index in [2.05, 4.69) is 24.2 Å². The van der Waals surface area contributed by atoms with Crippen molar-refractivity contribution in [2.45, 2.75) is 33.4 Å². The highest BCUT2D eigenvalue weighted by Crippen LogP contribution is 2.19. The van der Waals surface area contributed by atoms with Crippen molar-refractivity contribution in [2.24, 2.45) is 11.7 Å². The van der Waals surface area contributed by atoms with Gasteiger partial charge in [-0.3, -0.25) is 0 Å². The van der Waals surface area contributed by atoms with Crippen LogP contribution in [0.25, 0.3) is 0 Å². The lowest BCUT2D eigenvalue weighted by molar-refractivity contribution is 0.110. The SMILES string of the molecule is COC(C)c1c(C(N)=S)nnn1CC(C)C. The van der Waals surface area contributed by atoms with E-state index in [-0.39, 0.29) is 11.1 Å². The molecule has 2 N–H and O–H groups in total. The van der Waals surface area contributed by atoms with Gasteiger partial charge in [0.1, 0.15) is 10.7 Å². The highest BCUT2D eigenvalue weighted by atomic mass is 32.1. The minimum atomic E-state index is -0.120. The van der Waals surface area contributed by atoms with Crippen LogP contribution in [0.2, 0.25) is 0 Å². The molecule has 6 heteroatoms. The lowest BCUT2D eigenvalue weighted by Gasteiger charge is -2.14. The lowest BCUT2D eigenvalue weighted by atomic mass is 10.2. The zero-order valence-electron chi connectivity index (χ0n) is 10.1. The van der Waals surface area contributed by atoms with Crippen LogP contribution in [-0.2, 0) is 11.3 Å². The number of nitrogens with two attached hydrogens (primary N) is 1. The number of methoxy groups -OCH3 is 1. The van der Waals surface area contributed by atoms with E-state index in [1.807, 2.05) is 11.6 Å². The number of thiocarbonyl (C=S) groups is 1. The molecule has 1 heterocycles. The van der Waals surface area contributed by atoms with Crippen LogP contribution in [0, 0.1) is 5.92 Å². The first kappa shape index (κ1) is 13.1. The normalized spacial score (nSPS) is 13.1. The fourth-order valence-electron chi connectivity index (χ4n) is 1.49. The van der Waals surface area contributed by atoms with E-state index in [0.717, 1.165) is 12.2 Å². The van der Waals surface area contributed by atoms with E-state index in [9.17, 15) is 0 Å². The van der Waals surface area contributed by atoms with E-state index in [1.165, 1.54) is 0 Å². The topological polar surface area (TPSA) is 66.0 Å². The molecule has 5 nitrogen and oxygen atoms in total. The third-order valence-corrected chi connectivity index (χ3v) is 2.48. The minimum Gasteiger partial charge on any atom is -0.388 e.